The largest absolute Gasteiger partial charge is 0.483 e. The summed E-state index contributed by atoms with van der Waals surface area (Å²) >= 11 is 0. The Hall–Kier alpha value is -2.57. The van der Waals surface area contributed by atoms with Crippen LogP contribution in [0.15, 0.2) is 48.7 Å². The minimum absolute atomic E-state index is 0.0365. The van der Waals surface area contributed by atoms with Gasteiger partial charge in [0.05, 0.1) is 17.9 Å². The average Bonchev–Trinajstić information content (AvgIpc) is 3.41. The van der Waals surface area contributed by atoms with Crippen LogP contribution in [-0.2, 0) is 4.79 Å². The van der Waals surface area contributed by atoms with Crippen molar-refractivity contribution >= 4 is 5.91 Å². The zero-order chi connectivity index (χ0) is 18.7. The predicted molar refractivity (Wildman–Crippen MR) is 89.6 cm³/mol. The summed E-state index contributed by atoms with van der Waals surface area (Å²) in [5.41, 5.74) is 1.72. The molecule has 7 heteroatoms. The smallest absolute Gasteiger partial charge is 0.422 e. The molecular weight excluding hydrogens is 345 g/mol. The van der Waals surface area contributed by atoms with Gasteiger partial charge in [-0.05, 0) is 37.0 Å². The quantitative estimate of drug-likeness (QED) is 0.843. The number of rotatable bonds is 6. The van der Waals surface area contributed by atoms with Crippen molar-refractivity contribution in [2.45, 2.75) is 31.5 Å². The molecule has 4 nitrogen and oxygen atoms in total. The van der Waals surface area contributed by atoms with Gasteiger partial charge < -0.3 is 10.1 Å². The lowest BCUT2D eigenvalue weighted by molar-refractivity contribution is -0.153. The van der Waals surface area contributed by atoms with Gasteiger partial charge in [-0.25, -0.2) is 0 Å². The highest BCUT2D eigenvalue weighted by Gasteiger charge is 2.44. The third kappa shape index (κ3) is 4.74. The minimum Gasteiger partial charge on any atom is -0.483 e. The molecule has 0 spiro atoms. The molecule has 1 aromatic carbocycles. The Morgan fingerprint density at radius 1 is 1.27 bits per heavy atom. The van der Waals surface area contributed by atoms with E-state index in [-0.39, 0.29) is 29.5 Å². The molecule has 0 bridgehead atoms. The van der Waals surface area contributed by atoms with E-state index in [1.165, 1.54) is 12.3 Å². The molecule has 1 aliphatic carbocycles. The first-order chi connectivity index (χ1) is 12.3. The molecule has 1 amide bonds. The second-order valence-electron chi connectivity index (χ2n) is 6.41. The molecule has 2 unspecified atom stereocenters. The van der Waals surface area contributed by atoms with Gasteiger partial charge in [-0.1, -0.05) is 30.3 Å². The number of pyridine rings is 1. The first kappa shape index (κ1) is 18.2. The van der Waals surface area contributed by atoms with Gasteiger partial charge in [0.15, 0.2) is 6.61 Å². The standard InChI is InChI=1S/C19H19F3N2O2/c1-12(17-8-7-14(10-23-17)26-11-19(20,21)22)24-18(25)16-9-15(16)13-5-3-2-4-6-13/h2-8,10,12,15-16H,9,11H2,1H3,(H,24,25)/t12-,15?,16?/m1/s1. The molecule has 1 heterocycles. The number of nitrogens with zero attached hydrogens (tertiary/aromatic N) is 1. The monoisotopic (exact) mass is 364 g/mol. The molecule has 3 atom stereocenters. The van der Waals surface area contributed by atoms with Crippen molar-refractivity contribution in [1.29, 1.82) is 0 Å². The summed E-state index contributed by atoms with van der Waals surface area (Å²) in [7, 11) is 0. The van der Waals surface area contributed by atoms with Crippen LogP contribution in [0.3, 0.4) is 0 Å². The lowest BCUT2D eigenvalue weighted by Crippen LogP contribution is -2.29. The fourth-order valence-corrected chi connectivity index (χ4v) is 2.85. The fraction of sp³-hybridized carbons (Fsp3) is 0.368. The normalized spacial score (nSPS) is 20.3. The summed E-state index contributed by atoms with van der Waals surface area (Å²) in [4.78, 5) is 16.4. The van der Waals surface area contributed by atoms with Gasteiger partial charge in [0, 0.05) is 5.92 Å². The summed E-state index contributed by atoms with van der Waals surface area (Å²) in [5.74, 6) is 0.199. The number of carbonyl (C=O) groups is 1. The second-order valence-corrected chi connectivity index (χ2v) is 6.41. The molecule has 1 aromatic heterocycles. The van der Waals surface area contributed by atoms with Crippen molar-refractivity contribution in [2.24, 2.45) is 5.92 Å². The van der Waals surface area contributed by atoms with Crippen LogP contribution in [0.5, 0.6) is 5.75 Å². The van der Waals surface area contributed by atoms with Gasteiger partial charge >= 0.3 is 6.18 Å². The van der Waals surface area contributed by atoms with Crippen LogP contribution in [0, 0.1) is 5.92 Å². The molecule has 26 heavy (non-hydrogen) atoms. The highest BCUT2D eigenvalue weighted by atomic mass is 19.4. The number of nitrogens with one attached hydrogen (secondary N) is 1. The molecule has 0 saturated heterocycles. The number of hydrogen-bond acceptors (Lipinski definition) is 3. The molecule has 2 aromatic rings. The van der Waals surface area contributed by atoms with Crippen LogP contribution in [0.1, 0.15) is 36.6 Å². The first-order valence-corrected chi connectivity index (χ1v) is 8.34. The third-order valence-electron chi connectivity index (χ3n) is 4.32. The summed E-state index contributed by atoms with van der Waals surface area (Å²) < 4.78 is 41.0. The summed E-state index contributed by atoms with van der Waals surface area (Å²) in [6.45, 7) is 0.430. The van der Waals surface area contributed by atoms with Crippen molar-refractivity contribution in [1.82, 2.24) is 10.3 Å². The lowest BCUT2D eigenvalue weighted by atomic mass is 10.1. The van der Waals surface area contributed by atoms with Gasteiger partial charge in [-0.3, -0.25) is 9.78 Å². The Bertz CT molecular complexity index is 748. The van der Waals surface area contributed by atoms with E-state index in [0.717, 1.165) is 12.0 Å². The number of amides is 1. The summed E-state index contributed by atoms with van der Waals surface area (Å²) in [6.07, 6.45) is -2.34. The van der Waals surface area contributed by atoms with E-state index in [2.05, 4.69) is 15.0 Å². The highest BCUT2D eigenvalue weighted by molar-refractivity contribution is 5.83. The van der Waals surface area contributed by atoms with Crippen LogP contribution in [0.4, 0.5) is 13.2 Å². The van der Waals surface area contributed by atoms with Crippen molar-refractivity contribution < 1.29 is 22.7 Å². The number of halogens is 3. The first-order valence-electron chi connectivity index (χ1n) is 8.34. The van der Waals surface area contributed by atoms with E-state index in [1.54, 1.807) is 13.0 Å². The summed E-state index contributed by atoms with van der Waals surface area (Å²) in [6, 6.07) is 12.5. The maximum atomic E-state index is 12.4. The zero-order valence-electron chi connectivity index (χ0n) is 14.2. The molecular formula is C19H19F3N2O2. The van der Waals surface area contributed by atoms with Crippen molar-refractivity contribution in [3.63, 3.8) is 0 Å². The molecule has 1 aliphatic rings. The molecule has 3 rings (SSSR count). The number of benzene rings is 1. The Kier molecular flexibility index (Phi) is 5.15. The van der Waals surface area contributed by atoms with E-state index in [1.807, 2.05) is 30.3 Å². The van der Waals surface area contributed by atoms with E-state index < -0.39 is 12.8 Å². The molecule has 1 saturated carbocycles. The van der Waals surface area contributed by atoms with E-state index >= 15 is 0 Å². The van der Waals surface area contributed by atoms with Crippen molar-refractivity contribution in [2.75, 3.05) is 6.61 Å². The van der Waals surface area contributed by atoms with Crippen molar-refractivity contribution in [3.05, 3.63) is 59.9 Å². The van der Waals surface area contributed by atoms with E-state index in [0.29, 0.717) is 5.69 Å². The molecule has 0 radical (unpaired) electrons. The SMILES string of the molecule is C[C@@H](NC(=O)C1CC1c1ccccc1)c1ccc(OCC(F)(F)F)cn1. The van der Waals surface area contributed by atoms with Gasteiger partial charge in [-0.2, -0.15) is 13.2 Å². The van der Waals surface area contributed by atoms with Gasteiger partial charge in [0.2, 0.25) is 5.91 Å². The number of ether oxygens (including phenoxy) is 1. The van der Waals surface area contributed by atoms with Gasteiger partial charge in [0.1, 0.15) is 5.75 Å². The number of aromatic nitrogens is 1. The predicted octanol–water partition coefficient (Wildman–Crippen LogP) is 4.00. The van der Waals surface area contributed by atoms with Crippen LogP contribution in [0.2, 0.25) is 0 Å². The lowest BCUT2D eigenvalue weighted by Gasteiger charge is -2.14. The molecule has 138 valence electrons. The number of alkyl halides is 3. The zero-order valence-corrected chi connectivity index (χ0v) is 14.2. The number of carbonyl (C=O) groups excluding carboxylic acids is 1. The fourth-order valence-electron chi connectivity index (χ4n) is 2.85. The van der Waals surface area contributed by atoms with Gasteiger partial charge in [-0.15, -0.1) is 0 Å². The Morgan fingerprint density at radius 3 is 2.62 bits per heavy atom. The Labute approximate surface area is 149 Å². The van der Waals surface area contributed by atoms with Crippen LogP contribution in [0.25, 0.3) is 0 Å². The third-order valence-corrected chi connectivity index (χ3v) is 4.32. The van der Waals surface area contributed by atoms with Crippen LogP contribution < -0.4 is 10.1 Å². The topological polar surface area (TPSA) is 51.2 Å². The number of hydrogen-bond donors (Lipinski definition) is 1. The van der Waals surface area contributed by atoms with E-state index in [4.69, 9.17) is 0 Å². The minimum atomic E-state index is -4.39. The Balaban J connectivity index is 1.52. The second kappa shape index (κ2) is 7.35. The maximum Gasteiger partial charge on any atom is 0.422 e. The maximum absolute atomic E-state index is 12.4. The average molecular weight is 364 g/mol. The van der Waals surface area contributed by atoms with Crippen molar-refractivity contribution in [3.8, 4) is 5.75 Å². The summed E-state index contributed by atoms with van der Waals surface area (Å²) in [5, 5.41) is 2.91. The van der Waals surface area contributed by atoms with Gasteiger partial charge in [0.25, 0.3) is 0 Å². The van der Waals surface area contributed by atoms with E-state index in [9.17, 15) is 18.0 Å². The van der Waals surface area contributed by atoms with Crippen LogP contribution in [-0.4, -0.2) is 23.7 Å². The molecule has 1 N–H and O–H groups in total. The molecule has 1 fully saturated rings. The van der Waals surface area contributed by atoms with Crippen LogP contribution >= 0.6 is 0 Å². The molecule has 0 aliphatic heterocycles. The highest BCUT2D eigenvalue weighted by Crippen LogP contribution is 2.47. The Morgan fingerprint density at radius 2 is 2.00 bits per heavy atom.